The molecule has 2 aromatic rings. The molecule has 1 fully saturated rings. The molecule has 5 nitrogen and oxygen atoms in total. The molecule has 20 heavy (non-hydrogen) atoms. The van der Waals surface area contributed by atoms with Crippen molar-refractivity contribution in [3.63, 3.8) is 0 Å². The first kappa shape index (κ1) is 13.8. The van der Waals surface area contributed by atoms with Gasteiger partial charge in [0.15, 0.2) is 9.84 Å². The fraction of sp³-hybridized carbons (Fsp3) is 0.538. The van der Waals surface area contributed by atoms with Crippen LogP contribution in [0.3, 0.4) is 0 Å². The molecular weight excluding hydrogens is 294 g/mol. The molecule has 0 aliphatic heterocycles. The second-order valence-corrected chi connectivity index (χ2v) is 8.57. The first-order chi connectivity index (χ1) is 9.49. The van der Waals surface area contributed by atoms with E-state index in [2.05, 4.69) is 10.2 Å². The van der Waals surface area contributed by atoms with Gasteiger partial charge in [0.2, 0.25) is 0 Å². The lowest BCUT2D eigenvalue weighted by Gasteiger charge is -2.11. The number of nitrogens with zero attached hydrogens (tertiary/aromatic N) is 3. The van der Waals surface area contributed by atoms with E-state index in [9.17, 15) is 8.42 Å². The first-order valence-corrected chi connectivity index (χ1v) is 9.21. The number of hydrogen-bond donors (Lipinski definition) is 0. The van der Waals surface area contributed by atoms with Crippen LogP contribution in [-0.4, -0.2) is 23.2 Å². The third-order valence-corrected chi connectivity index (χ3v) is 6.95. The van der Waals surface area contributed by atoms with E-state index in [-0.39, 0.29) is 5.75 Å². The minimum absolute atomic E-state index is 0.0533. The topological polar surface area (TPSA) is 64.8 Å². The molecule has 0 N–H and O–H groups in total. The average molecular weight is 311 g/mol. The largest absolute Gasteiger partial charge is 0.317 e. The third kappa shape index (κ3) is 2.52. The van der Waals surface area contributed by atoms with Gasteiger partial charge in [0.05, 0.1) is 5.25 Å². The van der Waals surface area contributed by atoms with E-state index in [1.54, 1.807) is 6.92 Å². The summed E-state index contributed by atoms with van der Waals surface area (Å²) in [6, 6.07) is 3.73. The van der Waals surface area contributed by atoms with E-state index in [1.165, 1.54) is 11.3 Å². The zero-order chi connectivity index (χ0) is 14.3. The zero-order valence-electron chi connectivity index (χ0n) is 11.5. The van der Waals surface area contributed by atoms with Gasteiger partial charge < -0.3 is 4.57 Å². The minimum Gasteiger partial charge on any atom is -0.317 e. The van der Waals surface area contributed by atoms with Gasteiger partial charge in [-0.25, -0.2) is 8.42 Å². The maximum atomic E-state index is 12.5. The number of hydrogen-bond acceptors (Lipinski definition) is 5. The fourth-order valence-electron chi connectivity index (χ4n) is 2.20. The van der Waals surface area contributed by atoms with Crippen LogP contribution >= 0.6 is 11.3 Å². The smallest absolute Gasteiger partial charge is 0.165 e. The third-order valence-electron chi connectivity index (χ3n) is 3.75. The highest BCUT2D eigenvalue weighted by atomic mass is 32.2. The Hall–Kier alpha value is -1.21. The Kier molecular flexibility index (Phi) is 3.41. The lowest BCUT2D eigenvalue weighted by atomic mass is 10.4. The van der Waals surface area contributed by atoms with Gasteiger partial charge in [0.1, 0.15) is 17.4 Å². The molecule has 0 aromatic carbocycles. The number of sulfone groups is 1. The molecule has 0 bridgehead atoms. The normalized spacial score (nSPS) is 17.3. The Morgan fingerprint density at radius 3 is 2.80 bits per heavy atom. The summed E-state index contributed by atoms with van der Waals surface area (Å²) in [7, 11) is -1.41. The van der Waals surface area contributed by atoms with Crippen molar-refractivity contribution in [2.45, 2.75) is 36.7 Å². The minimum atomic E-state index is -3.26. The Bertz CT molecular complexity index is 700. The molecule has 0 amide bonds. The Balaban J connectivity index is 1.83. The Morgan fingerprint density at radius 1 is 1.45 bits per heavy atom. The summed E-state index contributed by atoms with van der Waals surface area (Å²) < 4.78 is 26.8. The maximum absolute atomic E-state index is 12.5. The van der Waals surface area contributed by atoms with Crippen LogP contribution in [0.25, 0.3) is 0 Å². The van der Waals surface area contributed by atoms with Crippen LogP contribution in [-0.2, 0) is 22.6 Å². The molecule has 1 saturated carbocycles. The summed E-state index contributed by atoms with van der Waals surface area (Å²) in [5, 5.41) is 9.60. The summed E-state index contributed by atoms with van der Waals surface area (Å²) in [5.41, 5.74) is 0. The van der Waals surface area contributed by atoms with Gasteiger partial charge in [0.25, 0.3) is 0 Å². The lowest BCUT2D eigenvalue weighted by Crippen LogP contribution is -2.15. The second-order valence-electron chi connectivity index (χ2n) is 5.27. The molecule has 1 unspecified atom stereocenters. The van der Waals surface area contributed by atoms with Crippen molar-refractivity contribution in [2.75, 3.05) is 0 Å². The van der Waals surface area contributed by atoms with Gasteiger partial charge in [-0.3, -0.25) is 0 Å². The molecule has 1 aliphatic carbocycles. The number of thiophene rings is 1. The highest BCUT2D eigenvalue weighted by Crippen LogP contribution is 2.39. The average Bonchev–Trinajstić information content (AvgIpc) is 2.98. The molecule has 2 heterocycles. The Morgan fingerprint density at radius 2 is 2.20 bits per heavy atom. The Labute approximate surface area is 122 Å². The molecule has 1 atom stereocenters. The molecule has 3 rings (SSSR count). The fourth-order valence-corrected chi connectivity index (χ4v) is 4.77. The van der Waals surface area contributed by atoms with E-state index < -0.39 is 15.1 Å². The molecular formula is C13H17N3O2S2. The van der Waals surface area contributed by atoms with Crippen LogP contribution in [0, 0.1) is 0 Å². The maximum Gasteiger partial charge on any atom is 0.165 e. The van der Waals surface area contributed by atoms with Crippen molar-refractivity contribution >= 4 is 21.2 Å². The second kappa shape index (κ2) is 4.96. The van der Waals surface area contributed by atoms with E-state index in [0.717, 1.165) is 23.5 Å². The van der Waals surface area contributed by atoms with Crippen LogP contribution in [0.5, 0.6) is 0 Å². The standard InChI is InChI=1S/C13H17N3O2S2/c1-9(11-4-3-7-19-11)20(17,18)8-12-14-15-13(16(12)2)10-5-6-10/h3-4,7,9-10H,5-6,8H2,1-2H3. The van der Waals surface area contributed by atoms with Crippen molar-refractivity contribution in [3.8, 4) is 0 Å². The van der Waals surface area contributed by atoms with E-state index >= 15 is 0 Å². The summed E-state index contributed by atoms with van der Waals surface area (Å²) in [5.74, 6) is 1.87. The van der Waals surface area contributed by atoms with Gasteiger partial charge in [0, 0.05) is 17.8 Å². The summed E-state index contributed by atoms with van der Waals surface area (Å²) in [4.78, 5) is 0.870. The van der Waals surface area contributed by atoms with Crippen LogP contribution < -0.4 is 0 Å². The molecule has 2 aromatic heterocycles. The van der Waals surface area contributed by atoms with E-state index in [4.69, 9.17) is 0 Å². The molecule has 7 heteroatoms. The summed E-state index contributed by atoms with van der Waals surface area (Å²) in [6.45, 7) is 1.74. The molecule has 1 aliphatic rings. The number of rotatable bonds is 5. The highest BCUT2D eigenvalue weighted by molar-refractivity contribution is 7.91. The predicted molar refractivity (Wildman–Crippen MR) is 78.3 cm³/mol. The first-order valence-electron chi connectivity index (χ1n) is 6.62. The highest BCUT2D eigenvalue weighted by Gasteiger charge is 2.31. The quantitative estimate of drug-likeness (QED) is 0.850. The SMILES string of the molecule is CC(c1cccs1)S(=O)(=O)Cc1nnc(C2CC2)n1C. The van der Waals surface area contributed by atoms with Crippen LogP contribution in [0.15, 0.2) is 17.5 Å². The molecule has 108 valence electrons. The van der Waals surface area contributed by atoms with Gasteiger partial charge in [-0.2, -0.15) is 0 Å². The summed E-state index contributed by atoms with van der Waals surface area (Å²) >= 11 is 1.47. The number of aromatic nitrogens is 3. The monoisotopic (exact) mass is 311 g/mol. The van der Waals surface area contributed by atoms with E-state index in [1.807, 2.05) is 29.1 Å². The zero-order valence-corrected chi connectivity index (χ0v) is 13.1. The van der Waals surface area contributed by atoms with Crippen molar-refractivity contribution in [1.29, 1.82) is 0 Å². The van der Waals surface area contributed by atoms with Gasteiger partial charge in [-0.1, -0.05) is 6.07 Å². The lowest BCUT2D eigenvalue weighted by molar-refractivity contribution is 0.583. The van der Waals surface area contributed by atoms with Crippen LogP contribution in [0.4, 0.5) is 0 Å². The van der Waals surface area contributed by atoms with Gasteiger partial charge in [-0.05, 0) is 31.2 Å². The predicted octanol–water partition coefficient (Wildman–Crippen LogP) is 2.43. The van der Waals surface area contributed by atoms with Crippen molar-refractivity contribution < 1.29 is 8.42 Å². The van der Waals surface area contributed by atoms with E-state index in [0.29, 0.717) is 11.7 Å². The van der Waals surface area contributed by atoms with Crippen molar-refractivity contribution in [2.24, 2.45) is 7.05 Å². The van der Waals surface area contributed by atoms with Crippen LogP contribution in [0.1, 0.15) is 47.5 Å². The van der Waals surface area contributed by atoms with Gasteiger partial charge >= 0.3 is 0 Å². The van der Waals surface area contributed by atoms with Crippen LogP contribution in [0.2, 0.25) is 0 Å². The van der Waals surface area contributed by atoms with Crippen molar-refractivity contribution in [1.82, 2.24) is 14.8 Å². The molecule has 0 saturated heterocycles. The van der Waals surface area contributed by atoms with Gasteiger partial charge in [-0.15, -0.1) is 21.5 Å². The molecule has 0 spiro atoms. The summed E-state index contributed by atoms with van der Waals surface area (Å²) in [6.07, 6.45) is 2.26. The van der Waals surface area contributed by atoms with Crippen molar-refractivity contribution in [3.05, 3.63) is 34.0 Å². The molecule has 0 radical (unpaired) electrons.